The quantitative estimate of drug-likeness (QED) is 0.686. The number of ether oxygens (including phenoxy) is 1. The predicted molar refractivity (Wildman–Crippen MR) is 84.8 cm³/mol. The minimum Gasteiger partial charge on any atom is -0.449 e. The number of carbonyl (C=O) groups excluding carboxylic acids is 1. The molecule has 1 heterocycles. The van der Waals surface area contributed by atoms with Crippen molar-refractivity contribution in [2.24, 2.45) is 5.10 Å². The maximum absolute atomic E-state index is 14.3. The molecule has 0 saturated carbocycles. The van der Waals surface area contributed by atoms with Crippen molar-refractivity contribution < 1.29 is 13.9 Å². The molecule has 0 unspecified atom stereocenters. The number of piperidine rings is 1. The van der Waals surface area contributed by atoms with E-state index < -0.39 is 6.09 Å². The largest absolute Gasteiger partial charge is 0.449 e. The Morgan fingerprint density at radius 2 is 2.09 bits per heavy atom. The van der Waals surface area contributed by atoms with Crippen LogP contribution >= 0.6 is 0 Å². The standard InChI is InChI=1S/C16H22FN3O2/c1-3-22-16(21)19-18-12(2)13-7-8-15(14(17)11-13)20-9-5-4-6-10-20/h7-8,11H,3-6,9-10H2,1-2H3,(H,19,21). The molecule has 5 nitrogen and oxygen atoms in total. The molecule has 1 aliphatic rings. The second-order valence-corrected chi connectivity index (χ2v) is 5.24. The van der Waals surface area contributed by atoms with Crippen molar-refractivity contribution in [1.29, 1.82) is 0 Å². The van der Waals surface area contributed by atoms with Crippen LogP contribution in [-0.2, 0) is 4.74 Å². The number of benzene rings is 1. The Morgan fingerprint density at radius 3 is 2.73 bits per heavy atom. The molecular formula is C16H22FN3O2. The van der Waals surface area contributed by atoms with Crippen molar-refractivity contribution in [1.82, 2.24) is 5.43 Å². The fraction of sp³-hybridized carbons (Fsp3) is 0.500. The Labute approximate surface area is 130 Å². The van der Waals surface area contributed by atoms with Gasteiger partial charge in [0.2, 0.25) is 0 Å². The van der Waals surface area contributed by atoms with E-state index in [0.717, 1.165) is 25.9 Å². The van der Waals surface area contributed by atoms with Crippen LogP contribution in [0.25, 0.3) is 0 Å². The summed E-state index contributed by atoms with van der Waals surface area (Å²) in [5, 5.41) is 3.91. The second-order valence-electron chi connectivity index (χ2n) is 5.24. The van der Waals surface area contributed by atoms with Gasteiger partial charge in [-0.05, 0) is 45.2 Å². The Balaban J connectivity index is 2.07. The molecule has 1 fully saturated rings. The number of hydrogen-bond donors (Lipinski definition) is 1. The molecule has 6 heteroatoms. The Morgan fingerprint density at radius 1 is 1.36 bits per heavy atom. The minimum absolute atomic E-state index is 0.259. The van der Waals surface area contributed by atoms with Gasteiger partial charge in [0.05, 0.1) is 18.0 Å². The third kappa shape index (κ3) is 4.19. The van der Waals surface area contributed by atoms with Crippen LogP contribution in [0.5, 0.6) is 0 Å². The number of amides is 1. The van der Waals surface area contributed by atoms with Gasteiger partial charge in [0, 0.05) is 18.7 Å². The number of anilines is 1. The van der Waals surface area contributed by atoms with Gasteiger partial charge in [-0.15, -0.1) is 0 Å². The van der Waals surface area contributed by atoms with Crippen LogP contribution in [0.15, 0.2) is 23.3 Å². The topological polar surface area (TPSA) is 53.9 Å². The molecule has 2 rings (SSSR count). The normalized spacial score (nSPS) is 15.6. The number of hydrazone groups is 1. The highest BCUT2D eigenvalue weighted by molar-refractivity contribution is 5.99. The maximum atomic E-state index is 14.3. The number of halogens is 1. The van der Waals surface area contributed by atoms with E-state index in [1.165, 1.54) is 12.5 Å². The molecule has 0 atom stereocenters. The monoisotopic (exact) mass is 307 g/mol. The molecule has 1 amide bonds. The van der Waals surface area contributed by atoms with E-state index in [9.17, 15) is 9.18 Å². The highest BCUT2D eigenvalue weighted by atomic mass is 19.1. The van der Waals surface area contributed by atoms with E-state index in [1.807, 2.05) is 6.07 Å². The second kappa shape index (κ2) is 7.77. The summed E-state index contributed by atoms with van der Waals surface area (Å²) in [7, 11) is 0. The maximum Gasteiger partial charge on any atom is 0.427 e. The average Bonchev–Trinajstić information content (AvgIpc) is 2.53. The van der Waals surface area contributed by atoms with E-state index in [4.69, 9.17) is 4.74 Å². The van der Waals surface area contributed by atoms with Crippen LogP contribution in [0.1, 0.15) is 38.7 Å². The minimum atomic E-state index is -0.618. The molecule has 0 aliphatic carbocycles. The highest BCUT2D eigenvalue weighted by Crippen LogP contribution is 2.24. The van der Waals surface area contributed by atoms with Crippen LogP contribution in [0, 0.1) is 5.82 Å². The van der Waals surface area contributed by atoms with Gasteiger partial charge >= 0.3 is 6.09 Å². The molecule has 1 aromatic rings. The van der Waals surface area contributed by atoms with Gasteiger partial charge in [-0.25, -0.2) is 14.6 Å². The Hall–Kier alpha value is -2.11. The summed E-state index contributed by atoms with van der Waals surface area (Å²) in [4.78, 5) is 13.3. The molecule has 0 aromatic heterocycles. The lowest BCUT2D eigenvalue weighted by Gasteiger charge is -2.29. The van der Waals surface area contributed by atoms with Crippen molar-refractivity contribution in [2.45, 2.75) is 33.1 Å². The number of rotatable bonds is 4. The van der Waals surface area contributed by atoms with Gasteiger partial charge in [0.15, 0.2) is 0 Å². The van der Waals surface area contributed by atoms with Crippen molar-refractivity contribution in [3.8, 4) is 0 Å². The summed E-state index contributed by atoms with van der Waals surface area (Å²) in [6.07, 6.45) is 2.80. The summed E-state index contributed by atoms with van der Waals surface area (Å²) in [6.45, 7) is 5.49. The van der Waals surface area contributed by atoms with Crippen LogP contribution in [0.3, 0.4) is 0 Å². The summed E-state index contributed by atoms with van der Waals surface area (Å²) in [5.41, 5.74) is 4.07. The van der Waals surface area contributed by atoms with Crippen molar-refractivity contribution in [3.05, 3.63) is 29.6 Å². The third-order valence-corrected chi connectivity index (χ3v) is 3.65. The van der Waals surface area contributed by atoms with Crippen molar-refractivity contribution in [2.75, 3.05) is 24.6 Å². The fourth-order valence-corrected chi connectivity index (χ4v) is 2.48. The molecule has 1 saturated heterocycles. The zero-order chi connectivity index (χ0) is 15.9. The molecule has 0 radical (unpaired) electrons. The Kier molecular flexibility index (Phi) is 5.75. The molecule has 120 valence electrons. The average molecular weight is 307 g/mol. The van der Waals surface area contributed by atoms with Gasteiger partial charge in [0.1, 0.15) is 5.82 Å². The molecule has 1 aromatic carbocycles. The summed E-state index contributed by atoms with van der Waals surface area (Å²) in [6, 6.07) is 5.05. The first kappa shape index (κ1) is 16.3. The van der Waals surface area contributed by atoms with Crippen LogP contribution in [0.4, 0.5) is 14.9 Å². The van der Waals surface area contributed by atoms with E-state index in [2.05, 4.69) is 15.4 Å². The first-order chi connectivity index (χ1) is 10.6. The fourth-order valence-electron chi connectivity index (χ4n) is 2.48. The predicted octanol–water partition coefficient (Wildman–Crippen LogP) is 3.29. The van der Waals surface area contributed by atoms with E-state index in [1.54, 1.807) is 19.9 Å². The van der Waals surface area contributed by atoms with Crippen LogP contribution in [0.2, 0.25) is 0 Å². The number of nitrogens with one attached hydrogen (secondary N) is 1. The number of nitrogens with zero attached hydrogens (tertiary/aromatic N) is 2. The van der Waals surface area contributed by atoms with Crippen LogP contribution < -0.4 is 10.3 Å². The molecular weight excluding hydrogens is 285 g/mol. The molecule has 0 bridgehead atoms. The summed E-state index contributed by atoms with van der Waals surface area (Å²) >= 11 is 0. The van der Waals surface area contributed by atoms with E-state index in [-0.39, 0.29) is 12.4 Å². The highest BCUT2D eigenvalue weighted by Gasteiger charge is 2.15. The van der Waals surface area contributed by atoms with Gasteiger partial charge < -0.3 is 9.64 Å². The lowest BCUT2D eigenvalue weighted by Crippen LogP contribution is -2.30. The van der Waals surface area contributed by atoms with Gasteiger partial charge in [0.25, 0.3) is 0 Å². The third-order valence-electron chi connectivity index (χ3n) is 3.65. The molecule has 1 N–H and O–H groups in total. The van der Waals surface area contributed by atoms with Crippen molar-refractivity contribution in [3.63, 3.8) is 0 Å². The van der Waals surface area contributed by atoms with Crippen molar-refractivity contribution >= 4 is 17.5 Å². The Bertz CT molecular complexity index is 554. The zero-order valence-electron chi connectivity index (χ0n) is 13.1. The summed E-state index contributed by atoms with van der Waals surface area (Å²) in [5.74, 6) is -0.259. The molecule has 0 spiro atoms. The van der Waals surface area contributed by atoms with Gasteiger partial charge in [-0.3, -0.25) is 0 Å². The van der Waals surface area contributed by atoms with Gasteiger partial charge in [-0.2, -0.15) is 5.10 Å². The van der Waals surface area contributed by atoms with Gasteiger partial charge in [-0.1, -0.05) is 6.07 Å². The lowest BCUT2D eigenvalue weighted by atomic mass is 10.1. The first-order valence-electron chi connectivity index (χ1n) is 7.63. The number of carbonyl (C=O) groups is 1. The zero-order valence-corrected chi connectivity index (χ0v) is 13.1. The van der Waals surface area contributed by atoms with E-state index in [0.29, 0.717) is 17.0 Å². The van der Waals surface area contributed by atoms with E-state index >= 15 is 0 Å². The lowest BCUT2D eigenvalue weighted by molar-refractivity contribution is 0.152. The molecule has 1 aliphatic heterocycles. The smallest absolute Gasteiger partial charge is 0.427 e. The SMILES string of the molecule is CCOC(=O)NN=C(C)c1ccc(N2CCCCC2)c(F)c1. The molecule has 22 heavy (non-hydrogen) atoms. The summed E-state index contributed by atoms with van der Waals surface area (Å²) < 4.78 is 19.0. The number of hydrogen-bond acceptors (Lipinski definition) is 4. The van der Waals surface area contributed by atoms with Crippen LogP contribution in [-0.4, -0.2) is 31.5 Å². The first-order valence-corrected chi connectivity index (χ1v) is 7.63.